The van der Waals surface area contributed by atoms with Crippen LogP contribution in [0, 0.1) is 18.7 Å². The quantitative estimate of drug-likeness (QED) is 0.884. The molecule has 0 aliphatic heterocycles. The van der Waals surface area contributed by atoms with Crippen molar-refractivity contribution in [3.63, 3.8) is 0 Å². The highest BCUT2D eigenvalue weighted by molar-refractivity contribution is 5.61. The number of hydrogen-bond acceptors (Lipinski definition) is 2. The maximum Gasteiger partial charge on any atom is 0.124 e. The van der Waals surface area contributed by atoms with Gasteiger partial charge in [0.1, 0.15) is 11.6 Å². The van der Waals surface area contributed by atoms with Gasteiger partial charge in [-0.15, -0.1) is 0 Å². The first-order valence-electron chi connectivity index (χ1n) is 6.55. The first-order valence-corrected chi connectivity index (χ1v) is 6.55. The Hall–Kier alpha value is -1.68. The van der Waals surface area contributed by atoms with Crippen LogP contribution in [0.1, 0.15) is 37.8 Å². The molecule has 1 aromatic carbocycles. The van der Waals surface area contributed by atoms with E-state index in [-0.39, 0.29) is 11.9 Å². The number of rotatable bonds is 4. The summed E-state index contributed by atoms with van der Waals surface area (Å²) >= 11 is 0. The highest BCUT2D eigenvalue weighted by Crippen LogP contribution is 2.25. The minimum Gasteiger partial charge on any atom is -0.344 e. The second kappa shape index (κ2) is 5.53. The summed E-state index contributed by atoms with van der Waals surface area (Å²) in [5, 5.41) is 0. The maximum absolute atomic E-state index is 13.3. The number of halogens is 1. The number of aromatic amines is 1. The highest BCUT2D eigenvalue weighted by Gasteiger charge is 2.15. The zero-order valence-electron chi connectivity index (χ0n) is 11.6. The van der Waals surface area contributed by atoms with Gasteiger partial charge >= 0.3 is 0 Å². The van der Waals surface area contributed by atoms with Crippen molar-refractivity contribution in [3.8, 4) is 11.3 Å². The van der Waals surface area contributed by atoms with Gasteiger partial charge in [0.2, 0.25) is 0 Å². The summed E-state index contributed by atoms with van der Waals surface area (Å²) in [4.78, 5) is 7.74. The third-order valence-corrected chi connectivity index (χ3v) is 3.08. The Labute approximate surface area is 113 Å². The van der Waals surface area contributed by atoms with Crippen molar-refractivity contribution in [2.45, 2.75) is 33.2 Å². The number of benzene rings is 1. The number of imidazole rings is 1. The Morgan fingerprint density at radius 2 is 2.11 bits per heavy atom. The van der Waals surface area contributed by atoms with Crippen molar-refractivity contribution >= 4 is 0 Å². The van der Waals surface area contributed by atoms with Crippen molar-refractivity contribution in [2.24, 2.45) is 11.7 Å². The molecule has 1 aromatic heterocycles. The molecule has 3 N–H and O–H groups in total. The number of nitrogens with one attached hydrogen (secondary N) is 1. The number of aromatic nitrogens is 2. The summed E-state index contributed by atoms with van der Waals surface area (Å²) in [6.07, 6.45) is 0.871. The molecule has 4 heteroatoms. The van der Waals surface area contributed by atoms with Crippen molar-refractivity contribution in [2.75, 3.05) is 0 Å². The normalized spacial score (nSPS) is 12.9. The lowest BCUT2D eigenvalue weighted by atomic mass is 10.0. The fraction of sp³-hybridized carbons (Fsp3) is 0.400. The van der Waals surface area contributed by atoms with E-state index in [1.807, 2.05) is 13.0 Å². The largest absolute Gasteiger partial charge is 0.344 e. The summed E-state index contributed by atoms with van der Waals surface area (Å²) in [7, 11) is 0. The van der Waals surface area contributed by atoms with E-state index in [1.165, 1.54) is 12.1 Å². The van der Waals surface area contributed by atoms with Gasteiger partial charge in [-0.05, 0) is 31.4 Å². The first-order chi connectivity index (χ1) is 8.97. The van der Waals surface area contributed by atoms with Gasteiger partial charge in [0.25, 0.3) is 0 Å². The van der Waals surface area contributed by atoms with E-state index < -0.39 is 0 Å². The van der Waals surface area contributed by atoms with E-state index in [2.05, 4.69) is 23.8 Å². The summed E-state index contributed by atoms with van der Waals surface area (Å²) < 4.78 is 13.3. The molecule has 3 nitrogen and oxygen atoms in total. The van der Waals surface area contributed by atoms with E-state index in [0.717, 1.165) is 29.2 Å². The van der Waals surface area contributed by atoms with Crippen LogP contribution in [0.5, 0.6) is 0 Å². The maximum atomic E-state index is 13.3. The van der Waals surface area contributed by atoms with Crippen molar-refractivity contribution in [1.29, 1.82) is 0 Å². The minimum absolute atomic E-state index is 0.110. The number of H-pyrrole nitrogens is 1. The molecule has 1 heterocycles. The van der Waals surface area contributed by atoms with Crippen LogP contribution >= 0.6 is 0 Å². The molecule has 0 aliphatic carbocycles. The summed E-state index contributed by atoms with van der Waals surface area (Å²) in [5.41, 5.74) is 8.58. The molecule has 19 heavy (non-hydrogen) atoms. The van der Waals surface area contributed by atoms with E-state index in [0.29, 0.717) is 5.92 Å². The van der Waals surface area contributed by atoms with Crippen molar-refractivity contribution in [3.05, 3.63) is 41.6 Å². The van der Waals surface area contributed by atoms with Crippen LogP contribution in [0.15, 0.2) is 24.3 Å². The van der Waals surface area contributed by atoms with Gasteiger partial charge in [-0.1, -0.05) is 26.0 Å². The zero-order valence-corrected chi connectivity index (χ0v) is 11.6. The molecule has 2 aromatic rings. The van der Waals surface area contributed by atoms with Gasteiger partial charge in [0, 0.05) is 11.3 Å². The van der Waals surface area contributed by atoms with Crippen LogP contribution in [0.2, 0.25) is 0 Å². The number of nitrogens with two attached hydrogens (primary N) is 1. The molecule has 0 aliphatic rings. The summed E-state index contributed by atoms with van der Waals surface area (Å²) in [5.74, 6) is 1.02. The third-order valence-electron chi connectivity index (χ3n) is 3.08. The predicted molar refractivity (Wildman–Crippen MR) is 75.1 cm³/mol. The molecule has 0 saturated carbocycles. The Balaban J connectivity index is 2.31. The van der Waals surface area contributed by atoms with E-state index in [4.69, 9.17) is 5.73 Å². The Morgan fingerprint density at radius 3 is 2.74 bits per heavy atom. The zero-order chi connectivity index (χ0) is 14.0. The molecule has 2 rings (SSSR count). The van der Waals surface area contributed by atoms with Gasteiger partial charge in [-0.25, -0.2) is 9.37 Å². The van der Waals surface area contributed by atoms with Gasteiger partial charge in [-0.2, -0.15) is 0 Å². The molecular formula is C15H20FN3. The highest BCUT2D eigenvalue weighted by atomic mass is 19.1. The van der Waals surface area contributed by atoms with Crippen molar-refractivity contribution < 1.29 is 4.39 Å². The Bertz CT molecular complexity index is 560. The van der Waals surface area contributed by atoms with E-state index in [1.54, 1.807) is 6.07 Å². The van der Waals surface area contributed by atoms with Crippen LogP contribution in [-0.2, 0) is 0 Å². The number of nitrogens with zero attached hydrogens (tertiary/aromatic N) is 1. The summed E-state index contributed by atoms with van der Waals surface area (Å²) in [6.45, 7) is 6.19. The van der Waals surface area contributed by atoms with Crippen LogP contribution in [0.3, 0.4) is 0 Å². The predicted octanol–water partition coefficient (Wildman–Crippen LogP) is 3.57. The lowest BCUT2D eigenvalue weighted by molar-refractivity contribution is 0.495. The molecule has 1 atom stereocenters. The average Bonchev–Trinajstić information content (AvgIpc) is 2.70. The molecular weight excluding hydrogens is 241 g/mol. The molecule has 0 radical (unpaired) electrons. The van der Waals surface area contributed by atoms with Gasteiger partial charge in [0.05, 0.1) is 11.7 Å². The molecule has 0 spiro atoms. The van der Waals surface area contributed by atoms with Gasteiger partial charge < -0.3 is 10.7 Å². The molecule has 1 unspecified atom stereocenters. The molecule has 0 fully saturated rings. The van der Waals surface area contributed by atoms with Crippen LogP contribution in [0.4, 0.5) is 4.39 Å². The Kier molecular flexibility index (Phi) is 4.00. The van der Waals surface area contributed by atoms with Crippen LogP contribution in [-0.4, -0.2) is 9.97 Å². The standard InChI is InChI=1S/C15H20FN3/c1-9(2)7-13(17)15-18-10(3)14(19-15)11-5-4-6-12(16)8-11/h4-6,8-9,13H,7,17H2,1-3H3,(H,18,19). The smallest absolute Gasteiger partial charge is 0.124 e. The summed E-state index contributed by atoms with van der Waals surface area (Å²) in [6, 6.07) is 6.34. The van der Waals surface area contributed by atoms with Gasteiger partial charge in [0.15, 0.2) is 0 Å². The fourth-order valence-corrected chi connectivity index (χ4v) is 2.20. The first kappa shape index (κ1) is 13.7. The minimum atomic E-state index is -0.257. The topological polar surface area (TPSA) is 54.7 Å². The number of aryl methyl sites for hydroxylation is 1. The van der Waals surface area contributed by atoms with Crippen LogP contribution in [0.25, 0.3) is 11.3 Å². The molecule has 0 saturated heterocycles. The van der Waals surface area contributed by atoms with E-state index >= 15 is 0 Å². The number of hydrogen-bond donors (Lipinski definition) is 2. The average molecular weight is 261 g/mol. The van der Waals surface area contributed by atoms with E-state index in [9.17, 15) is 4.39 Å². The lowest BCUT2D eigenvalue weighted by Crippen LogP contribution is -2.14. The molecule has 102 valence electrons. The third kappa shape index (κ3) is 3.20. The van der Waals surface area contributed by atoms with Gasteiger partial charge in [-0.3, -0.25) is 0 Å². The Morgan fingerprint density at radius 1 is 1.37 bits per heavy atom. The fourth-order valence-electron chi connectivity index (χ4n) is 2.20. The molecule has 0 amide bonds. The second-order valence-electron chi connectivity index (χ2n) is 5.34. The second-order valence-corrected chi connectivity index (χ2v) is 5.34. The monoisotopic (exact) mass is 261 g/mol. The molecule has 0 bridgehead atoms. The SMILES string of the molecule is Cc1[nH]c(C(N)CC(C)C)nc1-c1cccc(F)c1. The lowest BCUT2D eigenvalue weighted by Gasteiger charge is -2.10. The van der Waals surface area contributed by atoms with Crippen LogP contribution < -0.4 is 5.73 Å². The van der Waals surface area contributed by atoms with Crippen molar-refractivity contribution in [1.82, 2.24) is 9.97 Å².